The molecule has 0 radical (unpaired) electrons. The van der Waals surface area contributed by atoms with E-state index in [1.807, 2.05) is 0 Å². The van der Waals surface area contributed by atoms with E-state index in [0.29, 0.717) is 12.8 Å². The van der Waals surface area contributed by atoms with Crippen molar-refractivity contribution in [3.63, 3.8) is 0 Å². The van der Waals surface area contributed by atoms with Crippen molar-refractivity contribution < 1.29 is 15.0 Å². The van der Waals surface area contributed by atoms with Crippen LogP contribution in [-0.2, 0) is 4.79 Å². The van der Waals surface area contributed by atoms with Gasteiger partial charge in [-0.3, -0.25) is 4.79 Å². The van der Waals surface area contributed by atoms with Crippen LogP contribution in [0.25, 0.3) is 0 Å². The minimum atomic E-state index is -0.668. The van der Waals surface area contributed by atoms with E-state index in [2.05, 4.69) is 129 Å². The van der Waals surface area contributed by atoms with Gasteiger partial charge in [-0.25, -0.2) is 0 Å². The molecule has 0 bridgehead atoms. The first-order valence-electron chi connectivity index (χ1n) is 32.6. The van der Waals surface area contributed by atoms with Crippen molar-refractivity contribution in [1.29, 1.82) is 0 Å². The third-order valence-corrected chi connectivity index (χ3v) is 14.5. The molecule has 0 aromatic heterocycles. The van der Waals surface area contributed by atoms with E-state index in [1.165, 1.54) is 205 Å². The highest BCUT2D eigenvalue weighted by Gasteiger charge is 2.20. The van der Waals surface area contributed by atoms with Gasteiger partial charge in [0.2, 0.25) is 5.91 Å². The highest BCUT2D eigenvalue weighted by atomic mass is 16.3. The highest BCUT2D eigenvalue weighted by Crippen LogP contribution is 2.18. The smallest absolute Gasteiger partial charge is 0.220 e. The number of aliphatic hydroxyl groups is 2. The zero-order valence-electron chi connectivity index (χ0n) is 49.8. The molecule has 0 aliphatic carbocycles. The van der Waals surface area contributed by atoms with Crippen LogP contribution in [-0.4, -0.2) is 34.9 Å². The summed E-state index contributed by atoms with van der Waals surface area (Å²) in [6, 6.07) is -0.546. The molecule has 75 heavy (non-hydrogen) atoms. The minimum absolute atomic E-state index is 0.0348. The quantitative estimate of drug-likeness (QED) is 0.0420. The van der Waals surface area contributed by atoms with Gasteiger partial charge in [0.1, 0.15) is 0 Å². The lowest BCUT2D eigenvalue weighted by Crippen LogP contribution is -2.45. The Morgan fingerprint density at radius 3 is 0.880 bits per heavy atom. The zero-order chi connectivity index (χ0) is 54.1. The topological polar surface area (TPSA) is 69.6 Å². The normalized spacial score (nSPS) is 13.5. The van der Waals surface area contributed by atoms with Crippen molar-refractivity contribution >= 4 is 5.91 Å². The van der Waals surface area contributed by atoms with Crippen molar-refractivity contribution in [3.05, 3.63) is 109 Å². The van der Waals surface area contributed by atoms with Crippen molar-refractivity contribution in [2.45, 2.75) is 328 Å². The molecule has 0 saturated carbocycles. The molecule has 0 saturated heterocycles. The molecule has 0 fully saturated rings. The molecule has 0 rings (SSSR count). The summed E-state index contributed by atoms with van der Waals surface area (Å²) in [6.45, 7) is 4.26. The molecule has 432 valence electrons. The van der Waals surface area contributed by atoms with Crippen LogP contribution in [0.3, 0.4) is 0 Å². The molecule has 0 aromatic rings. The van der Waals surface area contributed by atoms with E-state index in [4.69, 9.17) is 0 Å². The number of hydrogen-bond donors (Lipinski definition) is 3. The van der Waals surface area contributed by atoms with Gasteiger partial charge in [0.25, 0.3) is 0 Å². The lowest BCUT2D eigenvalue weighted by molar-refractivity contribution is -0.123. The van der Waals surface area contributed by atoms with Crippen LogP contribution >= 0.6 is 0 Å². The Bertz CT molecular complexity index is 1410. The third-order valence-electron chi connectivity index (χ3n) is 14.5. The molecule has 3 N–H and O–H groups in total. The van der Waals surface area contributed by atoms with Crippen LogP contribution in [0, 0.1) is 0 Å². The molecule has 2 atom stereocenters. The van der Waals surface area contributed by atoms with Gasteiger partial charge in [-0.1, -0.05) is 335 Å². The van der Waals surface area contributed by atoms with E-state index >= 15 is 0 Å². The van der Waals surface area contributed by atoms with Crippen molar-refractivity contribution in [3.8, 4) is 0 Å². The number of carbonyl (C=O) groups excluding carboxylic acids is 1. The molecule has 4 nitrogen and oxygen atoms in total. The highest BCUT2D eigenvalue weighted by molar-refractivity contribution is 5.76. The number of rotatable bonds is 59. The first-order chi connectivity index (χ1) is 37.2. The molecular weight excluding hydrogens is 915 g/mol. The number of amides is 1. The average Bonchev–Trinajstić information content (AvgIpc) is 3.41. The Hall–Kier alpha value is -2.95. The molecular formula is C71H125NO3. The maximum atomic E-state index is 12.5. The van der Waals surface area contributed by atoms with Crippen LogP contribution in [0.5, 0.6) is 0 Å². The van der Waals surface area contributed by atoms with Gasteiger partial charge in [0, 0.05) is 6.42 Å². The maximum Gasteiger partial charge on any atom is 0.220 e. The summed E-state index contributed by atoms with van der Waals surface area (Å²) in [4.78, 5) is 12.5. The molecule has 2 unspecified atom stereocenters. The summed E-state index contributed by atoms with van der Waals surface area (Å²) in [5, 5.41) is 23.4. The van der Waals surface area contributed by atoms with E-state index in [1.54, 1.807) is 0 Å². The van der Waals surface area contributed by atoms with Crippen LogP contribution < -0.4 is 5.32 Å². The number of allylic oxidation sites excluding steroid dienone is 18. The van der Waals surface area contributed by atoms with E-state index in [-0.39, 0.29) is 12.5 Å². The molecule has 0 spiro atoms. The van der Waals surface area contributed by atoms with Gasteiger partial charge < -0.3 is 15.5 Å². The number of unbranched alkanes of at least 4 members (excludes halogenated alkanes) is 34. The summed E-state index contributed by atoms with van der Waals surface area (Å²) in [5.41, 5.74) is 0. The fourth-order valence-corrected chi connectivity index (χ4v) is 9.65. The Labute approximate surface area is 467 Å². The fourth-order valence-electron chi connectivity index (χ4n) is 9.65. The van der Waals surface area contributed by atoms with Gasteiger partial charge in [0.05, 0.1) is 18.8 Å². The second-order valence-corrected chi connectivity index (χ2v) is 21.8. The zero-order valence-corrected chi connectivity index (χ0v) is 49.8. The second-order valence-electron chi connectivity index (χ2n) is 21.8. The first kappa shape index (κ1) is 72.0. The van der Waals surface area contributed by atoms with Crippen LogP contribution in [0.15, 0.2) is 109 Å². The number of hydrogen-bond acceptors (Lipinski definition) is 3. The predicted molar refractivity (Wildman–Crippen MR) is 336 cm³/mol. The lowest BCUT2D eigenvalue weighted by Gasteiger charge is -2.22. The van der Waals surface area contributed by atoms with Gasteiger partial charge in [0.15, 0.2) is 0 Å². The fraction of sp³-hybridized carbons (Fsp3) is 0.732. The Balaban J connectivity index is 3.53. The first-order valence-corrected chi connectivity index (χ1v) is 32.6. The van der Waals surface area contributed by atoms with Gasteiger partial charge in [-0.2, -0.15) is 0 Å². The summed E-state index contributed by atoms with van der Waals surface area (Å²) in [6.07, 6.45) is 98.2. The average molecular weight is 1040 g/mol. The number of nitrogens with one attached hydrogen (secondary N) is 1. The molecule has 0 aliphatic heterocycles. The van der Waals surface area contributed by atoms with Crippen LogP contribution in [0.1, 0.15) is 316 Å². The molecule has 0 heterocycles. The van der Waals surface area contributed by atoms with Crippen molar-refractivity contribution in [2.75, 3.05) is 6.61 Å². The van der Waals surface area contributed by atoms with Crippen LogP contribution in [0.4, 0.5) is 0 Å². The molecule has 4 heteroatoms. The minimum Gasteiger partial charge on any atom is -0.394 e. The van der Waals surface area contributed by atoms with Gasteiger partial charge in [-0.05, 0) is 83.5 Å². The molecule has 0 aliphatic rings. The summed E-state index contributed by atoms with van der Waals surface area (Å²) < 4.78 is 0. The lowest BCUT2D eigenvalue weighted by atomic mass is 10.0. The molecule has 0 aromatic carbocycles. The Morgan fingerprint density at radius 2 is 0.587 bits per heavy atom. The monoisotopic (exact) mass is 1040 g/mol. The van der Waals surface area contributed by atoms with Crippen molar-refractivity contribution in [2.24, 2.45) is 0 Å². The Morgan fingerprint density at radius 1 is 0.333 bits per heavy atom. The molecule has 1 amide bonds. The largest absolute Gasteiger partial charge is 0.394 e. The van der Waals surface area contributed by atoms with Gasteiger partial charge >= 0.3 is 0 Å². The maximum absolute atomic E-state index is 12.5. The van der Waals surface area contributed by atoms with E-state index in [0.717, 1.165) is 83.5 Å². The van der Waals surface area contributed by atoms with Gasteiger partial charge in [-0.15, -0.1) is 0 Å². The summed E-state index contributed by atoms with van der Waals surface area (Å²) in [5.74, 6) is -0.0348. The SMILES string of the molecule is CC/C=C\C/C=C\C/C=C\C/C=C\C/C=C\C/C=C\C/C=C\C/C=C\C/C=C\CCCCCCCCCCCCCC(=O)NC(CO)C(O)CCCCCCCCCCCCCCCCCCCCCCCCCC. The van der Waals surface area contributed by atoms with Crippen molar-refractivity contribution in [1.82, 2.24) is 5.32 Å². The summed E-state index contributed by atoms with van der Waals surface area (Å²) >= 11 is 0. The Kier molecular flexibility index (Phi) is 62.8. The standard InChI is InChI=1S/C71H125NO3/c1-3-5-7-9-11-13-15-17-19-21-23-25-27-29-30-31-32-33-34-35-36-37-38-39-40-41-42-43-45-47-49-51-53-55-57-59-61-63-65-67-71(75)72-69(68-73)70(74)66-64-62-60-58-56-54-52-50-48-46-44-28-26-24-22-20-18-16-14-12-10-8-6-4-2/h5,7,11,13,17,19,23,25,29-30,32-33,35-36,38-39,41-42,69-70,73-74H,3-4,6,8-10,12,14-16,18,20-22,24,26-28,31,34,37,40,43-68H2,1-2H3,(H,72,75)/b7-5-,13-11-,19-17-,25-23-,30-29-,33-32-,36-35-,39-38-,42-41-. The summed E-state index contributed by atoms with van der Waals surface area (Å²) in [7, 11) is 0. The number of aliphatic hydroxyl groups excluding tert-OH is 2. The second kappa shape index (κ2) is 65.3. The van der Waals surface area contributed by atoms with Crippen LogP contribution in [0.2, 0.25) is 0 Å². The predicted octanol–water partition coefficient (Wildman–Crippen LogP) is 22.2. The van der Waals surface area contributed by atoms with E-state index < -0.39 is 12.1 Å². The third kappa shape index (κ3) is 61.8. The van der Waals surface area contributed by atoms with E-state index in [9.17, 15) is 15.0 Å². The number of carbonyl (C=O) groups is 1.